The summed E-state index contributed by atoms with van der Waals surface area (Å²) in [6, 6.07) is 11.4. The molecule has 4 nitrogen and oxygen atoms in total. The topological polar surface area (TPSA) is 65.9 Å². The third-order valence-corrected chi connectivity index (χ3v) is 4.99. The van der Waals surface area contributed by atoms with Crippen LogP contribution in [0.25, 0.3) is 10.9 Å². The number of aromatic nitrogens is 1. The summed E-state index contributed by atoms with van der Waals surface area (Å²) in [6.07, 6.45) is 1.31. The molecular weight excluding hydrogens is 300 g/mol. The maximum absolute atomic E-state index is 13.2. The smallest absolute Gasteiger partial charge is 0.195 e. The van der Waals surface area contributed by atoms with E-state index in [4.69, 9.17) is 10.1 Å². The molecule has 0 fully saturated rings. The molecule has 1 aliphatic carbocycles. The summed E-state index contributed by atoms with van der Waals surface area (Å²) >= 11 is 0. The largest absolute Gasteiger partial charge is 0.497 e. The van der Waals surface area contributed by atoms with Crippen molar-refractivity contribution < 1.29 is 9.53 Å². The molecule has 0 saturated heterocycles. The average molecular weight is 318 g/mol. The van der Waals surface area contributed by atoms with E-state index in [0.717, 1.165) is 33.3 Å². The summed E-state index contributed by atoms with van der Waals surface area (Å²) in [5, 5.41) is 8.33. The molecule has 0 bridgehead atoms. The lowest BCUT2D eigenvalue weighted by Gasteiger charge is -2.32. The molecule has 0 radical (unpaired) electrons. The average Bonchev–Trinajstić information content (AvgIpc) is 2.99. The van der Waals surface area contributed by atoms with E-state index in [1.165, 1.54) is 6.21 Å². The second-order valence-electron chi connectivity index (χ2n) is 6.69. The highest BCUT2D eigenvalue weighted by atomic mass is 16.5. The van der Waals surface area contributed by atoms with E-state index in [0.29, 0.717) is 11.3 Å². The summed E-state index contributed by atoms with van der Waals surface area (Å²) in [4.78, 5) is 16.6. The second kappa shape index (κ2) is 4.81. The number of hydrogen-bond donors (Lipinski definition) is 2. The Bertz CT molecular complexity index is 1010. The Morgan fingerprint density at radius 1 is 1.17 bits per heavy atom. The van der Waals surface area contributed by atoms with Crippen LogP contribution in [0.15, 0.2) is 36.4 Å². The van der Waals surface area contributed by atoms with Gasteiger partial charge in [0.2, 0.25) is 0 Å². The third kappa shape index (κ3) is 1.80. The SMILES string of the molecule is COc1ccc2c(c1)C(=O)c1c([nH]c3cc(C=N)ccc13)C2(C)C. The Morgan fingerprint density at radius 3 is 2.67 bits per heavy atom. The van der Waals surface area contributed by atoms with Crippen molar-refractivity contribution in [1.29, 1.82) is 5.41 Å². The van der Waals surface area contributed by atoms with Crippen LogP contribution >= 0.6 is 0 Å². The lowest BCUT2D eigenvalue weighted by Crippen LogP contribution is -2.30. The summed E-state index contributed by atoms with van der Waals surface area (Å²) in [6.45, 7) is 4.24. The van der Waals surface area contributed by atoms with Gasteiger partial charge in [-0.25, -0.2) is 0 Å². The number of methoxy groups -OCH3 is 1. The number of ether oxygens (including phenoxy) is 1. The summed E-state index contributed by atoms with van der Waals surface area (Å²) in [7, 11) is 1.61. The molecule has 2 N–H and O–H groups in total. The fourth-order valence-corrected chi connectivity index (χ4v) is 3.66. The highest BCUT2D eigenvalue weighted by molar-refractivity contribution is 6.20. The van der Waals surface area contributed by atoms with Gasteiger partial charge < -0.3 is 15.1 Å². The summed E-state index contributed by atoms with van der Waals surface area (Å²) < 4.78 is 5.30. The quantitative estimate of drug-likeness (QED) is 0.700. The number of carbonyl (C=O) groups excluding carboxylic acids is 1. The van der Waals surface area contributed by atoms with Crippen LogP contribution in [-0.2, 0) is 5.41 Å². The lowest BCUT2D eigenvalue weighted by molar-refractivity contribution is 0.103. The first-order valence-electron chi connectivity index (χ1n) is 7.87. The first-order valence-corrected chi connectivity index (χ1v) is 7.87. The minimum Gasteiger partial charge on any atom is -0.497 e. The first-order chi connectivity index (χ1) is 11.5. The Kier molecular flexibility index (Phi) is 2.94. The molecule has 1 heterocycles. The van der Waals surface area contributed by atoms with Crippen LogP contribution in [0.4, 0.5) is 0 Å². The van der Waals surface area contributed by atoms with Gasteiger partial charge in [0.15, 0.2) is 5.78 Å². The summed E-state index contributed by atoms with van der Waals surface area (Å²) in [5.41, 5.74) is 4.75. The van der Waals surface area contributed by atoms with Crippen LogP contribution in [0.1, 0.15) is 46.6 Å². The molecule has 0 unspecified atom stereocenters. The molecule has 1 aliphatic rings. The molecule has 0 saturated carbocycles. The van der Waals surface area contributed by atoms with Gasteiger partial charge >= 0.3 is 0 Å². The van der Waals surface area contributed by atoms with E-state index >= 15 is 0 Å². The standard InChI is InChI=1S/C20H18N2O2/c1-20(2)15-7-5-12(24-3)9-14(15)18(23)17-13-6-4-11(10-21)8-16(13)22-19(17)20/h4-10,21-22H,1-3H3. The van der Waals surface area contributed by atoms with Crippen molar-refractivity contribution >= 4 is 22.9 Å². The molecule has 2 aromatic carbocycles. The minimum absolute atomic E-state index is 0.0204. The van der Waals surface area contributed by atoms with E-state index < -0.39 is 0 Å². The Hall–Kier alpha value is -2.88. The number of fused-ring (bicyclic) bond motifs is 4. The number of benzene rings is 2. The summed E-state index contributed by atoms with van der Waals surface area (Å²) in [5.74, 6) is 0.708. The van der Waals surface area contributed by atoms with Gasteiger partial charge in [-0.2, -0.15) is 0 Å². The molecule has 120 valence electrons. The van der Waals surface area contributed by atoms with Crippen LogP contribution in [-0.4, -0.2) is 24.1 Å². The van der Waals surface area contributed by atoms with Crippen molar-refractivity contribution in [3.63, 3.8) is 0 Å². The van der Waals surface area contributed by atoms with Gasteiger partial charge in [0.1, 0.15) is 5.75 Å². The van der Waals surface area contributed by atoms with Gasteiger partial charge in [-0.05, 0) is 29.3 Å². The van der Waals surface area contributed by atoms with Crippen molar-refractivity contribution in [1.82, 2.24) is 4.98 Å². The van der Waals surface area contributed by atoms with Crippen molar-refractivity contribution in [2.24, 2.45) is 0 Å². The molecular formula is C20H18N2O2. The van der Waals surface area contributed by atoms with Crippen LogP contribution in [0, 0.1) is 5.41 Å². The van der Waals surface area contributed by atoms with Crippen molar-refractivity contribution in [2.75, 3.05) is 7.11 Å². The molecule has 0 spiro atoms. The number of ketones is 1. The third-order valence-electron chi connectivity index (χ3n) is 4.99. The normalized spacial score (nSPS) is 15.0. The van der Waals surface area contributed by atoms with E-state index in [9.17, 15) is 4.79 Å². The van der Waals surface area contributed by atoms with Crippen LogP contribution in [0.2, 0.25) is 0 Å². The van der Waals surface area contributed by atoms with E-state index in [1.807, 2.05) is 36.4 Å². The van der Waals surface area contributed by atoms with E-state index in [2.05, 4.69) is 18.8 Å². The van der Waals surface area contributed by atoms with Crippen LogP contribution < -0.4 is 4.74 Å². The highest BCUT2D eigenvalue weighted by Gasteiger charge is 2.39. The minimum atomic E-state index is -0.311. The molecule has 0 aliphatic heterocycles. The van der Waals surface area contributed by atoms with E-state index in [-0.39, 0.29) is 11.2 Å². The zero-order valence-electron chi connectivity index (χ0n) is 13.9. The van der Waals surface area contributed by atoms with E-state index in [1.54, 1.807) is 7.11 Å². The zero-order valence-corrected chi connectivity index (χ0v) is 13.9. The zero-order chi connectivity index (χ0) is 17.1. The number of carbonyl (C=O) groups is 1. The second-order valence-corrected chi connectivity index (χ2v) is 6.69. The Balaban J connectivity index is 2.05. The Morgan fingerprint density at radius 2 is 1.96 bits per heavy atom. The maximum Gasteiger partial charge on any atom is 0.195 e. The van der Waals surface area contributed by atoms with Gasteiger partial charge in [-0.1, -0.05) is 32.0 Å². The Labute approximate surface area is 140 Å². The number of rotatable bonds is 2. The molecule has 1 aromatic heterocycles. The van der Waals surface area contributed by atoms with Gasteiger partial charge in [0.25, 0.3) is 0 Å². The fourth-order valence-electron chi connectivity index (χ4n) is 3.66. The molecule has 24 heavy (non-hydrogen) atoms. The number of aromatic amines is 1. The predicted octanol–water partition coefficient (Wildman–Crippen LogP) is 4.04. The predicted molar refractivity (Wildman–Crippen MR) is 94.7 cm³/mol. The van der Waals surface area contributed by atoms with Crippen LogP contribution in [0.5, 0.6) is 5.75 Å². The van der Waals surface area contributed by atoms with Crippen molar-refractivity contribution in [3.8, 4) is 5.75 Å². The van der Waals surface area contributed by atoms with Gasteiger partial charge in [-0.3, -0.25) is 4.79 Å². The number of H-pyrrole nitrogens is 1. The lowest BCUT2D eigenvalue weighted by atomic mass is 9.71. The van der Waals surface area contributed by atoms with Crippen molar-refractivity contribution in [2.45, 2.75) is 19.3 Å². The van der Waals surface area contributed by atoms with Crippen LogP contribution in [0.3, 0.4) is 0 Å². The number of hydrogen-bond acceptors (Lipinski definition) is 3. The molecule has 3 aromatic rings. The van der Waals surface area contributed by atoms with Crippen molar-refractivity contribution in [3.05, 3.63) is 64.3 Å². The first kappa shape index (κ1) is 14.7. The molecule has 4 heteroatoms. The van der Waals surface area contributed by atoms with Gasteiger partial charge in [-0.15, -0.1) is 0 Å². The van der Waals surface area contributed by atoms with Gasteiger partial charge in [0.05, 0.1) is 12.7 Å². The van der Waals surface area contributed by atoms with Gasteiger partial charge in [0, 0.05) is 33.8 Å². The number of nitrogens with one attached hydrogen (secondary N) is 2. The molecule has 4 rings (SSSR count). The highest BCUT2D eigenvalue weighted by Crippen LogP contribution is 2.44. The fraction of sp³-hybridized carbons (Fsp3) is 0.200. The molecule has 0 atom stereocenters. The molecule has 0 amide bonds. The maximum atomic E-state index is 13.2. The monoisotopic (exact) mass is 318 g/mol.